The standard InChI is InChI=1S/2C12H25N.C6H14O3S.CH4O3S/c2*1-3-5-6-9-13-10-8-12(11-13)7-4-2;1-2-3-4-5-6-10(7,8)9;1-5(2,3)4/h2*12H,3-11H2,1-2H3;2-6H2,1H3,(H,7,8,9);1H3,(H,2,3,4). The molecule has 8 nitrogen and oxygen atoms in total. The molecule has 0 radical (unpaired) electrons. The van der Waals surface area contributed by atoms with Crippen LogP contribution in [0, 0.1) is 11.8 Å². The lowest BCUT2D eigenvalue weighted by Gasteiger charge is -2.15. The molecule has 2 N–H and O–H groups in total. The van der Waals surface area contributed by atoms with E-state index >= 15 is 0 Å². The fraction of sp³-hybridized carbons (Fsp3) is 1.00. The zero-order chi connectivity index (χ0) is 31.6. The van der Waals surface area contributed by atoms with Gasteiger partial charge in [-0.2, -0.15) is 16.8 Å². The molecule has 0 aromatic rings. The second kappa shape index (κ2) is 27.3. The lowest BCUT2D eigenvalue weighted by atomic mass is 10.0. The molecule has 0 bridgehead atoms. The number of nitrogens with zero attached hydrogens (tertiary/aromatic N) is 2. The van der Waals surface area contributed by atoms with E-state index in [-0.39, 0.29) is 5.75 Å². The van der Waals surface area contributed by atoms with Gasteiger partial charge >= 0.3 is 0 Å². The van der Waals surface area contributed by atoms with Crippen LogP contribution in [0.1, 0.15) is 137 Å². The molecular formula is C31H68N2O6S2. The van der Waals surface area contributed by atoms with Crippen molar-refractivity contribution in [1.82, 2.24) is 9.80 Å². The van der Waals surface area contributed by atoms with Gasteiger partial charge in [-0.1, -0.05) is 92.4 Å². The van der Waals surface area contributed by atoms with Crippen LogP contribution in [0.15, 0.2) is 0 Å². The van der Waals surface area contributed by atoms with Crippen molar-refractivity contribution in [1.29, 1.82) is 0 Å². The summed E-state index contributed by atoms with van der Waals surface area (Å²) in [7, 11) is -7.37. The molecule has 0 spiro atoms. The van der Waals surface area contributed by atoms with Crippen LogP contribution in [0.4, 0.5) is 0 Å². The van der Waals surface area contributed by atoms with Gasteiger partial charge in [-0.3, -0.25) is 9.11 Å². The van der Waals surface area contributed by atoms with Gasteiger partial charge in [0.2, 0.25) is 0 Å². The third-order valence-electron chi connectivity index (χ3n) is 7.55. The van der Waals surface area contributed by atoms with Crippen LogP contribution < -0.4 is 0 Å². The van der Waals surface area contributed by atoms with Gasteiger partial charge in [-0.25, -0.2) is 0 Å². The van der Waals surface area contributed by atoms with Gasteiger partial charge in [0.15, 0.2) is 0 Å². The van der Waals surface area contributed by atoms with Crippen LogP contribution in [0.25, 0.3) is 0 Å². The molecular weight excluding hydrogens is 560 g/mol. The highest BCUT2D eigenvalue weighted by Gasteiger charge is 2.21. The molecule has 2 aliphatic rings. The van der Waals surface area contributed by atoms with Crippen molar-refractivity contribution in [2.24, 2.45) is 11.8 Å². The number of rotatable bonds is 17. The Hall–Kier alpha value is -0.260. The summed E-state index contributed by atoms with van der Waals surface area (Å²) in [4.78, 5) is 5.33. The average molecular weight is 629 g/mol. The highest BCUT2D eigenvalue weighted by atomic mass is 32.2. The first-order valence-electron chi connectivity index (χ1n) is 16.6. The molecule has 0 saturated carbocycles. The van der Waals surface area contributed by atoms with Crippen molar-refractivity contribution in [3.8, 4) is 0 Å². The predicted molar refractivity (Wildman–Crippen MR) is 176 cm³/mol. The Labute approximate surface area is 255 Å². The van der Waals surface area contributed by atoms with Crippen molar-refractivity contribution in [3.63, 3.8) is 0 Å². The first-order valence-corrected chi connectivity index (χ1v) is 20.1. The third-order valence-corrected chi connectivity index (χ3v) is 8.35. The lowest BCUT2D eigenvalue weighted by molar-refractivity contribution is 0.312. The number of hydrogen-bond acceptors (Lipinski definition) is 6. The summed E-state index contributed by atoms with van der Waals surface area (Å²) in [6.07, 6.45) is 21.2. The second-order valence-electron chi connectivity index (χ2n) is 12.0. The molecule has 0 amide bonds. The quantitative estimate of drug-likeness (QED) is 0.125. The predicted octanol–water partition coefficient (Wildman–Crippen LogP) is 7.56. The molecule has 2 atom stereocenters. The summed E-state index contributed by atoms with van der Waals surface area (Å²) in [6, 6.07) is 0. The summed E-state index contributed by atoms with van der Waals surface area (Å²) >= 11 is 0. The molecule has 2 fully saturated rings. The van der Waals surface area contributed by atoms with E-state index in [2.05, 4.69) is 37.5 Å². The van der Waals surface area contributed by atoms with Crippen molar-refractivity contribution in [3.05, 3.63) is 0 Å². The maximum atomic E-state index is 10.1. The molecule has 2 unspecified atom stereocenters. The Morgan fingerprint density at radius 3 is 1.27 bits per heavy atom. The summed E-state index contributed by atoms with van der Waals surface area (Å²) in [5.74, 6) is 1.95. The molecule has 2 saturated heterocycles. The molecule has 0 aromatic heterocycles. The summed E-state index contributed by atoms with van der Waals surface area (Å²) in [6.45, 7) is 19.4. The van der Waals surface area contributed by atoms with Crippen LogP contribution in [0.3, 0.4) is 0 Å². The van der Waals surface area contributed by atoms with Gasteiger partial charge in [0.25, 0.3) is 20.2 Å². The molecule has 10 heteroatoms. The lowest BCUT2D eigenvalue weighted by Crippen LogP contribution is -2.21. The van der Waals surface area contributed by atoms with E-state index in [4.69, 9.17) is 9.11 Å². The highest BCUT2D eigenvalue weighted by Crippen LogP contribution is 2.21. The van der Waals surface area contributed by atoms with Crippen LogP contribution >= 0.6 is 0 Å². The zero-order valence-electron chi connectivity index (χ0n) is 27.7. The Morgan fingerprint density at radius 2 is 0.951 bits per heavy atom. The molecule has 2 rings (SSSR count). The van der Waals surface area contributed by atoms with Crippen LogP contribution in [0.5, 0.6) is 0 Å². The molecule has 0 aliphatic carbocycles. The number of likely N-dealkylation sites (tertiary alicyclic amines) is 2. The average Bonchev–Trinajstić information content (AvgIpc) is 3.51. The van der Waals surface area contributed by atoms with Crippen molar-refractivity contribution in [2.45, 2.75) is 137 Å². The third kappa shape index (κ3) is 34.1. The van der Waals surface area contributed by atoms with E-state index in [1.54, 1.807) is 0 Å². The second-order valence-corrected chi connectivity index (χ2v) is 15.0. The molecule has 250 valence electrons. The van der Waals surface area contributed by atoms with Crippen molar-refractivity contribution >= 4 is 20.2 Å². The minimum atomic E-state index is -3.70. The van der Waals surface area contributed by atoms with Crippen LogP contribution in [0.2, 0.25) is 0 Å². The van der Waals surface area contributed by atoms with Gasteiger partial charge in [-0.05, 0) is 83.0 Å². The zero-order valence-corrected chi connectivity index (χ0v) is 29.3. The largest absolute Gasteiger partial charge is 0.303 e. The van der Waals surface area contributed by atoms with Gasteiger partial charge in [-0.15, -0.1) is 0 Å². The van der Waals surface area contributed by atoms with Crippen molar-refractivity contribution < 1.29 is 25.9 Å². The van der Waals surface area contributed by atoms with E-state index < -0.39 is 20.2 Å². The summed E-state index contributed by atoms with van der Waals surface area (Å²) in [5.41, 5.74) is 0. The van der Waals surface area contributed by atoms with E-state index in [1.807, 2.05) is 6.92 Å². The fourth-order valence-electron chi connectivity index (χ4n) is 5.40. The van der Waals surface area contributed by atoms with Gasteiger partial charge in [0.1, 0.15) is 0 Å². The Bertz CT molecular complexity index is 739. The van der Waals surface area contributed by atoms with E-state index in [0.717, 1.165) is 31.1 Å². The van der Waals surface area contributed by atoms with E-state index in [1.165, 1.54) is 116 Å². The molecule has 41 heavy (non-hydrogen) atoms. The normalized spacial score (nSPS) is 19.5. The first-order chi connectivity index (χ1) is 19.3. The Morgan fingerprint density at radius 1 is 0.585 bits per heavy atom. The van der Waals surface area contributed by atoms with E-state index in [9.17, 15) is 16.8 Å². The minimum Gasteiger partial charge on any atom is -0.303 e. The van der Waals surface area contributed by atoms with Gasteiger partial charge in [0, 0.05) is 13.1 Å². The Balaban J connectivity index is 0. The topological polar surface area (TPSA) is 115 Å². The summed E-state index contributed by atoms with van der Waals surface area (Å²) in [5, 5.41) is 0. The molecule has 0 aromatic carbocycles. The van der Waals surface area contributed by atoms with Crippen molar-refractivity contribution in [2.75, 3.05) is 51.3 Å². The van der Waals surface area contributed by atoms with Gasteiger partial charge < -0.3 is 9.80 Å². The highest BCUT2D eigenvalue weighted by molar-refractivity contribution is 7.85. The van der Waals surface area contributed by atoms with Crippen LogP contribution in [-0.2, 0) is 20.2 Å². The maximum Gasteiger partial charge on any atom is 0.264 e. The first kappa shape index (κ1) is 42.9. The minimum absolute atomic E-state index is 0.0903. The number of hydrogen-bond donors (Lipinski definition) is 2. The van der Waals surface area contributed by atoms with Gasteiger partial charge in [0.05, 0.1) is 12.0 Å². The summed E-state index contributed by atoms with van der Waals surface area (Å²) < 4.78 is 54.5. The Kier molecular flexibility index (Phi) is 28.5. The monoisotopic (exact) mass is 628 g/mol. The molecule has 2 aliphatic heterocycles. The van der Waals surface area contributed by atoms with E-state index in [0.29, 0.717) is 12.7 Å². The molecule has 2 heterocycles. The van der Waals surface area contributed by atoms with Crippen LogP contribution in [-0.4, -0.2) is 87.0 Å². The SMILES string of the molecule is CCCCCCS(=O)(=O)O.CCCCCN1CCC(CCC)C1.CCCCCN1CCC(CCC)C1.CS(=O)(=O)O. The maximum absolute atomic E-state index is 10.1. The smallest absolute Gasteiger partial charge is 0.264 e. The fourth-order valence-corrected chi connectivity index (χ4v) is 5.97. The number of unbranched alkanes of at least 4 members (excludes halogenated alkanes) is 7.